The first kappa shape index (κ1) is 21.2. The van der Waals surface area contributed by atoms with Crippen molar-refractivity contribution in [2.24, 2.45) is 5.92 Å². The van der Waals surface area contributed by atoms with Gasteiger partial charge in [0.1, 0.15) is 5.75 Å². The molecule has 2 aromatic rings. The second-order valence-corrected chi connectivity index (χ2v) is 7.62. The Morgan fingerprint density at radius 1 is 1.07 bits per heavy atom. The fraction of sp³-hybridized carbons (Fsp3) is 0.391. The molecule has 0 aromatic heterocycles. The zero-order valence-electron chi connectivity index (χ0n) is 17.1. The van der Waals surface area contributed by atoms with Gasteiger partial charge in [-0.1, -0.05) is 29.8 Å². The quantitative estimate of drug-likeness (QED) is 0.715. The molecule has 1 aliphatic rings. The summed E-state index contributed by atoms with van der Waals surface area (Å²) in [6.07, 6.45) is 0. The Hall–Kier alpha value is -2.53. The largest absolute Gasteiger partial charge is 0.496 e. The van der Waals surface area contributed by atoms with Crippen molar-refractivity contribution in [3.63, 3.8) is 0 Å². The van der Waals surface area contributed by atoms with E-state index in [9.17, 15) is 9.59 Å². The molecule has 6 heteroatoms. The van der Waals surface area contributed by atoms with Crippen LogP contribution in [0.2, 0.25) is 5.02 Å². The summed E-state index contributed by atoms with van der Waals surface area (Å²) in [5.41, 5.74) is 1.54. The number of amides is 2. The van der Waals surface area contributed by atoms with Crippen LogP contribution in [-0.4, -0.2) is 54.9 Å². The number of para-hydroxylation sites is 1. The van der Waals surface area contributed by atoms with Crippen LogP contribution in [0.25, 0.3) is 0 Å². The average molecular weight is 415 g/mol. The molecule has 0 radical (unpaired) electrons. The number of likely N-dealkylation sites (tertiary alicyclic amines) is 1. The zero-order valence-corrected chi connectivity index (χ0v) is 17.9. The van der Waals surface area contributed by atoms with Crippen molar-refractivity contribution in [2.75, 3.05) is 33.3 Å². The molecule has 2 unspecified atom stereocenters. The van der Waals surface area contributed by atoms with Crippen molar-refractivity contribution in [3.8, 4) is 5.75 Å². The van der Waals surface area contributed by atoms with E-state index in [-0.39, 0.29) is 23.7 Å². The van der Waals surface area contributed by atoms with Gasteiger partial charge in [-0.15, -0.1) is 0 Å². The minimum absolute atomic E-state index is 0.0808. The average Bonchev–Trinajstić information content (AvgIpc) is 3.19. The van der Waals surface area contributed by atoms with Crippen LogP contribution in [0.1, 0.15) is 35.7 Å². The summed E-state index contributed by atoms with van der Waals surface area (Å²) in [5.74, 6) is 0.322. The molecule has 0 spiro atoms. The van der Waals surface area contributed by atoms with Gasteiger partial charge < -0.3 is 14.5 Å². The predicted octanol–water partition coefficient (Wildman–Crippen LogP) is 4.07. The fourth-order valence-electron chi connectivity index (χ4n) is 4.05. The van der Waals surface area contributed by atoms with E-state index < -0.39 is 0 Å². The number of hydrogen-bond donors (Lipinski definition) is 0. The Morgan fingerprint density at radius 2 is 1.72 bits per heavy atom. The van der Waals surface area contributed by atoms with Crippen LogP contribution >= 0.6 is 11.6 Å². The lowest BCUT2D eigenvalue weighted by molar-refractivity contribution is -0.135. The third-order valence-corrected chi connectivity index (χ3v) is 5.88. The maximum Gasteiger partial charge on any atom is 0.253 e. The lowest BCUT2D eigenvalue weighted by atomic mass is 9.87. The third kappa shape index (κ3) is 4.40. The summed E-state index contributed by atoms with van der Waals surface area (Å²) in [5, 5.41) is 0.587. The van der Waals surface area contributed by atoms with E-state index >= 15 is 0 Å². The van der Waals surface area contributed by atoms with Crippen LogP contribution in [0, 0.1) is 5.92 Å². The highest BCUT2D eigenvalue weighted by molar-refractivity contribution is 6.30. The zero-order chi connectivity index (χ0) is 21.0. The molecule has 5 nitrogen and oxygen atoms in total. The summed E-state index contributed by atoms with van der Waals surface area (Å²) >= 11 is 5.96. The van der Waals surface area contributed by atoms with E-state index in [0.29, 0.717) is 36.8 Å². The van der Waals surface area contributed by atoms with Gasteiger partial charge in [-0.25, -0.2) is 0 Å². The number of carbonyl (C=O) groups excluding carboxylic acids is 2. The minimum atomic E-state index is -0.303. The number of rotatable bonds is 6. The molecule has 1 fully saturated rings. The molecule has 3 rings (SSSR count). The molecule has 0 N–H and O–H groups in total. The van der Waals surface area contributed by atoms with Gasteiger partial charge in [-0.2, -0.15) is 0 Å². The van der Waals surface area contributed by atoms with Gasteiger partial charge in [-0.3, -0.25) is 9.59 Å². The highest BCUT2D eigenvalue weighted by atomic mass is 35.5. The van der Waals surface area contributed by atoms with Crippen molar-refractivity contribution in [1.82, 2.24) is 9.80 Å². The highest BCUT2D eigenvalue weighted by Crippen LogP contribution is 2.39. The number of nitrogens with zero attached hydrogens (tertiary/aromatic N) is 2. The van der Waals surface area contributed by atoms with E-state index in [1.54, 1.807) is 36.3 Å². The number of benzene rings is 2. The van der Waals surface area contributed by atoms with Crippen LogP contribution in [0.5, 0.6) is 5.75 Å². The summed E-state index contributed by atoms with van der Waals surface area (Å²) < 4.78 is 5.55. The Kier molecular flexibility index (Phi) is 6.80. The van der Waals surface area contributed by atoms with Crippen LogP contribution in [-0.2, 0) is 4.79 Å². The molecular weight excluding hydrogens is 388 g/mol. The van der Waals surface area contributed by atoms with Gasteiger partial charge in [0.2, 0.25) is 5.91 Å². The topological polar surface area (TPSA) is 49.9 Å². The number of halogens is 1. The Labute approximate surface area is 177 Å². The number of hydrogen-bond acceptors (Lipinski definition) is 3. The van der Waals surface area contributed by atoms with Crippen molar-refractivity contribution < 1.29 is 14.3 Å². The SMILES string of the molecule is CCN(CC)C(=O)C1CN(C(=O)c2ccc(Cl)cc2)CC1c1ccccc1OC. The molecule has 154 valence electrons. The number of methoxy groups -OCH3 is 1. The van der Waals surface area contributed by atoms with Crippen LogP contribution in [0.4, 0.5) is 0 Å². The number of ether oxygens (including phenoxy) is 1. The Morgan fingerprint density at radius 3 is 2.34 bits per heavy atom. The van der Waals surface area contributed by atoms with Gasteiger partial charge in [0, 0.05) is 42.7 Å². The normalized spacial score (nSPS) is 18.6. The van der Waals surface area contributed by atoms with Crippen molar-refractivity contribution in [1.29, 1.82) is 0 Å². The van der Waals surface area contributed by atoms with Gasteiger partial charge >= 0.3 is 0 Å². The summed E-state index contributed by atoms with van der Waals surface area (Å²) in [6, 6.07) is 14.6. The molecule has 1 aliphatic heterocycles. The molecule has 1 saturated heterocycles. The lowest BCUT2D eigenvalue weighted by Crippen LogP contribution is -2.39. The van der Waals surface area contributed by atoms with Crippen molar-refractivity contribution in [3.05, 3.63) is 64.7 Å². The molecule has 29 heavy (non-hydrogen) atoms. The monoisotopic (exact) mass is 414 g/mol. The van der Waals surface area contributed by atoms with Crippen LogP contribution in [0.15, 0.2) is 48.5 Å². The van der Waals surface area contributed by atoms with E-state index in [0.717, 1.165) is 11.3 Å². The first-order chi connectivity index (χ1) is 14.0. The maximum atomic E-state index is 13.3. The molecule has 0 bridgehead atoms. The van der Waals surface area contributed by atoms with Crippen LogP contribution < -0.4 is 4.74 Å². The van der Waals surface area contributed by atoms with E-state index in [1.165, 1.54) is 0 Å². The molecule has 2 atom stereocenters. The third-order valence-electron chi connectivity index (χ3n) is 5.63. The van der Waals surface area contributed by atoms with Gasteiger partial charge in [-0.05, 0) is 49.7 Å². The van der Waals surface area contributed by atoms with Crippen molar-refractivity contribution in [2.45, 2.75) is 19.8 Å². The standard InChI is InChI=1S/C23H27ClN2O3/c1-4-25(5-2)23(28)20-15-26(22(27)16-10-12-17(24)13-11-16)14-19(20)18-8-6-7-9-21(18)29-3/h6-13,19-20H,4-5,14-15H2,1-3H3. The van der Waals surface area contributed by atoms with E-state index in [2.05, 4.69) is 0 Å². The highest BCUT2D eigenvalue weighted by Gasteiger charge is 2.42. The predicted molar refractivity (Wildman–Crippen MR) is 115 cm³/mol. The van der Waals surface area contributed by atoms with Gasteiger partial charge in [0.05, 0.1) is 13.0 Å². The fourth-order valence-corrected chi connectivity index (χ4v) is 4.18. The molecule has 0 aliphatic carbocycles. The summed E-state index contributed by atoms with van der Waals surface area (Å²) in [7, 11) is 1.63. The first-order valence-corrected chi connectivity index (χ1v) is 10.3. The number of carbonyl (C=O) groups is 2. The first-order valence-electron chi connectivity index (χ1n) is 9.96. The van der Waals surface area contributed by atoms with Gasteiger partial charge in [0.15, 0.2) is 0 Å². The van der Waals surface area contributed by atoms with E-state index in [1.807, 2.05) is 43.0 Å². The second kappa shape index (κ2) is 9.31. The van der Waals surface area contributed by atoms with Gasteiger partial charge in [0.25, 0.3) is 5.91 Å². The second-order valence-electron chi connectivity index (χ2n) is 7.18. The summed E-state index contributed by atoms with van der Waals surface area (Å²) in [4.78, 5) is 30.0. The van der Waals surface area contributed by atoms with Crippen LogP contribution in [0.3, 0.4) is 0 Å². The molecule has 0 saturated carbocycles. The minimum Gasteiger partial charge on any atom is -0.496 e. The Bertz CT molecular complexity index is 865. The molecule has 1 heterocycles. The molecule has 2 aromatic carbocycles. The Balaban J connectivity index is 1.94. The molecular formula is C23H27ClN2O3. The molecule has 2 amide bonds. The van der Waals surface area contributed by atoms with E-state index in [4.69, 9.17) is 16.3 Å². The summed E-state index contributed by atoms with van der Waals surface area (Å²) in [6.45, 7) is 6.11. The lowest BCUT2D eigenvalue weighted by Gasteiger charge is -2.26. The maximum absolute atomic E-state index is 13.3. The smallest absolute Gasteiger partial charge is 0.253 e. The van der Waals surface area contributed by atoms with Crippen molar-refractivity contribution >= 4 is 23.4 Å².